The molecule has 2 aliphatic rings. The Kier molecular flexibility index (Phi) is 5.67. The molecule has 3 aromatic rings. The van der Waals surface area contributed by atoms with Gasteiger partial charge in [0, 0.05) is 37.8 Å². The number of anilines is 3. The second-order valence-electron chi connectivity index (χ2n) is 8.68. The van der Waals surface area contributed by atoms with Crippen LogP contribution in [0.2, 0.25) is 0 Å². The number of piperidine rings is 1. The monoisotopic (exact) mass is 450 g/mol. The molecular formula is C23H27FN8O. The van der Waals surface area contributed by atoms with Gasteiger partial charge in [0.1, 0.15) is 11.5 Å². The first-order chi connectivity index (χ1) is 16.0. The maximum absolute atomic E-state index is 14.5. The van der Waals surface area contributed by atoms with E-state index in [1.54, 1.807) is 6.07 Å². The summed E-state index contributed by atoms with van der Waals surface area (Å²) in [6, 6.07) is 6.15. The molecule has 172 valence electrons. The molecule has 0 atom stereocenters. The van der Waals surface area contributed by atoms with Crippen molar-refractivity contribution < 1.29 is 9.18 Å². The second-order valence-corrected chi connectivity index (χ2v) is 8.68. The maximum Gasteiger partial charge on any atom is 0.253 e. The van der Waals surface area contributed by atoms with Crippen LogP contribution in [0.1, 0.15) is 28.9 Å². The molecule has 9 nitrogen and oxygen atoms in total. The highest BCUT2D eigenvalue weighted by Gasteiger charge is 2.23. The lowest BCUT2D eigenvalue weighted by atomic mass is 10.0. The van der Waals surface area contributed by atoms with Crippen molar-refractivity contribution in [1.29, 1.82) is 0 Å². The summed E-state index contributed by atoms with van der Waals surface area (Å²) >= 11 is 0. The van der Waals surface area contributed by atoms with E-state index < -0.39 is 5.82 Å². The zero-order valence-corrected chi connectivity index (χ0v) is 18.7. The van der Waals surface area contributed by atoms with Crippen LogP contribution in [0.4, 0.5) is 21.8 Å². The van der Waals surface area contributed by atoms with E-state index in [9.17, 15) is 9.18 Å². The summed E-state index contributed by atoms with van der Waals surface area (Å²) in [6.45, 7) is 2.56. The highest BCUT2D eigenvalue weighted by Crippen LogP contribution is 2.26. The SMILES string of the molecule is CN(C)C1CCN(c2ccc(Nc3ncc(F)c(-c4cc5c([nH]4)CCNC5=O)n3)nc2)CC1. The first-order valence-electron chi connectivity index (χ1n) is 11.2. The molecule has 0 spiro atoms. The number of hydrogen-bond donors (Lipinski definition) is 3. The average molecular weight is 451 g/mol. The summed E-state index contributed by atoms with van der Waals surface area (Å²) in [5.74, 6) is 0.0749. The van der Waals surface area contributed by atoms with E-state index in [-0.39, 0.29) is 17.5 Å². The zero-order chi connectivity index (χ0) is 22.9. The number of amides is 1. The third kappa shape index (κ3) is 4.38. The molecule has 3 aromatic heterocycles. The highest BCUT2D eigenvalue weighted by molar-refractivity contribution is 5.97. The Morgan fingerprint density at radius 3 is 2.70 bits per heavy atom. The van der Waals surface area contributed by atoms with E-state index in [0.717, 1.165) is 43.5 Å². The van der Waals surface area contributed by atoms with Crippen LogP contribution in [0.3, 0.4) is 0 Å². The predicted molar refractivity (Wildman–Crippen MR) is 124 cm³/mol. The second kappa shape index (κ2) is 8.78. The third-order valence-electron chi connectivity index (χ3n) is 6.35. The quantitative estimate of drug-likeness (QED) is 0.549. The van der Waals surface area contributed by atoms with Crippen LogP contribution in [0.5, 0.6) is 0 Å². The largest absolute Gasteiger partial charge is 0.370 e. The van der Waals surface area contributed by atoms with Crippen LogP contribution in [-0.2, 0) is 6.42 Å². The standard InChI is InChI=1S/C23H27FN8O/c1-31(2)14-6-9-32(10-7-14)15-3-4-20(26-12-15)29-23-27-13-17(24)21(30-23)19-11-16-18(28-19)5-8-25-22(16)33/h3-4,11-14,28H,5-10H2,1-2H3,(H,25,33)(H,26,27,29,30). The minimum absolute atomic E-state index is 0.107. The fourth-order valence-corrected chi connectivity index (χ4v) is 4.44. The van der Waals surface area contributed by atoms with Gasteiger partial charge in [-0.05, 0) is 45.1 Å². The zero-order valence-electron chi connectivity index (χ0n) is 18.7. The summed E-state index contributed by atoms with van der Waals surface area (Å²) in [7, 11) is 4.26. The van der Waals surface area contributed by atoms with E-state index >= 15 is 0 Å². The number of pyridine rings is 1. The number of carbonyl (C=O) groups is 1. The smallest absolute Gasteiger partial charge is 0.253 e. The number of nitrogens with one attached hydrogen (secondary N) is 3. The first kappa shape index (κ1) is 21.3. The summed E-state index contributed by atoms with van der Waals surface area (Å²) in [4.78, 5) is 32.6. The Bertz CT molecular complexity index is 1150. The van der Waals surface area contributed by atoms with Gasteiger partial charge in [0.05, 0.1) is 29.3 Å². The lowest BCUT2D eigenvalue weighted by Gasteiger charge is -2.36. The Hall–Kier alpha value is -3.53. The molecular weight excluding hydrogens is 423 g/mol. The van der Waals surface area contributed by atoms with Crippen LogP contribution >= 0.6 is 0 Å². The van der Waals surface area contributed by atoms with Crippen molar-refractivity contribution in [2.24, 2.45) is 0 Å². The van der Waals surface area contributed by atoms with Gasteiger partial charge in [-0.15, -0.1) is 0 Å². The molecule has 0 radical (unpaired) electrons. The van der Waals surface area contributed by atoms with Crippen LogP contribution in [0.15, 0.2) is 30.6 Å². The Balaban J connectivity index is 1.30. The average Bonchev–Trinajstić information content (AvgIpc) is 3.26. The molecule has 2 aliphatic heterocycles. The third-order valence-corrected chi connectivity index (χ3v) is 6.35. The number of hydrogen-bond acceptors (Lipinski definition) is 7. The molecule has 0 aliphatic carbocycles. The van der Waals surface area contributed by atoms with E-state index in [4.69, 9.17) is 0 Å². The number of aromatic nitrogens is 4. The van der Waals surface area contributed by atoms with Crippen LogP contribution in [-0.4, -0.2) is 70.5 Å². The topological polar surface area (TPSA) is 102 Å². The van der Waals surface area contributed by atoms with Crippen molar-refractivity contribution in [3.05, 3.63) is 47.7 Å². The first-order valence-corrected chi connectivity index (χ1v) is 11.2. The van der Waals surface area contributed by atoms with Crippen molar-refractivity contribution >= 4 is 23.4 Å². The van der Waals surface area contributed by atoms with Crippen molar-refractivity contribution in [2.75, 3.05) is 43.9 Å². The molecule has 5 heterocycles. The highest BCUT2D eigenvalue weighted by atomic mass is 19.1. The number of carbonyl (C=O) groups excluding carboxylic acids is 1. The predicted octanol–water partition coefficient (Wildman–Crippen LogP) is 2.57. The lowest BCUT2D eigenvalue weighted by molar-refractivity contribution is 0.0946. The van der Waals surface area contributed by atoms with Gasteiger partial charge in [-0.2, -0.15) is 0 Å². The molecule has 10 heteroatoms. The minimum Gasteiger partial charge on any atom is -0.370 e. The maximum atomic E-state index is 14.5. The van der Waals surface area contributed by atoms with E-state index in [1.807, 2.05) is 18.3 Å². The summed E-state index contributed by atoms with van der Waals surface area (Å²) < 4.78 is 14.5. The molecule has 33 heavy (non-hydrogen) atoms. The van der Waals surface area contributed by atoms with Gasteiger partial charge < -0.3 is 25.4 Å². The fraction of sp³-hybridized carbons (Fsp3) is 0.391. The minimum atomic E-state index is -0.566. The van der Waals surface area contributed by atoms with Gasteiger partial charge in [0.25, 0.3) is 5.91 Å². The summed E-state index contributed by atoms with van der Waals surface area (Å²) in [5, 5.41) is 5.83. The number of halogens is 1. The Morgan fingerprint density at radius 2 is 2.00 bits per heavy atom. The Morgan fingerprint density at radius 1 is 1.18 bits per heavy atom. The molecule has 0 unspecified atom stereocenters. The molecule has 3 N–H and O–H groups in total. The summed E-state index contributed by atoms with van der Waals surface area (Å²) in [6.07, 6.45) is 5.88. The van der Waals surface area contributed by atoms with Crippen molar-refractivity contribution in [2.45, 2.75) is 25.3 Å². The van der Waals surface area contributed by atoms with Gasteiger partial charge in [-0.1, -0.05) is 0 Å². The molecule has 0 aromatic carbocycles. The van der Waals surface area contributed by atoms with Crippen molar-refractivity contribution in [1.82, 2.24) is 30.2 Å². The normalized spacial score (nSPS) is 16.6. The van der Waals surface area contributed by atoms with Gasteiger partial charge in [0.2, 0.25) is 5.95 Å². The molecule has 1 saturated heterocycles. The number of nitrogens with zero attached hydrogens (tertiary/aromatic N) is 5. The molecule has 1 amide bonds. The molecule has 1 fully saturated rings. The van der Waals surface area contributed by atoms with Crippen molar-refractivity contribution in [3.63, 3.8) is 0 Å². The van der Waals surface area contributed by atoms with Crippen molar-refractivity contribution in [3.8, 4) is 11.4 Å². The van der Waals surface area contributed by atoms with Gasteiger partial charge in [-0.25, -0.2) is 19.3 Å². The number of H-pyrrole nitrogens is 1. The van der Waals surface area contributed by atoms with E-state index in [0.29, 0.717) is 36.1 Å². The number of fused-ring (bicyclic) bond motifs is 1. The van der Waals surface area contributed by atoms with Crippen LogP contribution < -0.4 is 15.5 Å². The number of rotatable bonds is 5. The lowest BCUT2D eigenvalue weighted by Crippen LogP contribution is -2.42. The van der Waals surface area contributed by atoms with Crippen LogP contribution in [0, 0.1) is 5.82 Å². The summed E-state index contributed by atoms with van der Waals surface area (Å²) in [5.41, 5.74) is 2.94. The van der Waals surface area contributed by atoms with Gasteiger partial charge in [0.15, 0.2) is 5.82 Å². The molecule has 0 saturated carbocycles. The van der Waals surface area contributed by atoms with Gasteiger partial charge in [-0.3, -0.25) is 4.79 Å². The van der Waals surface area contributed by atoms with Crippen LogP contribution in [0.25, 0.3) is 11.4 Å². The van der Waals surface area contributed by atoms with Gasteiger partial charge >= 0.3 is 0 Å². The van der Waals surface area contributed by atoms with E-state index in [2.05, 4.69) is 54.5 Å². The fourth-order valence-electron chi connectivity index (χ4n) is 4.44. The molecule has 0 bridgehead atoms. The van der Waals surface area contributed by atoms with E-state index in [1.165, 1.54) is 0 Å². The Labute approximate surface area is 191 Å². The number of aromatic amines is 1. The molecule has 5 rings (SSSR count).